The lowest BCUT2D eigenvalue weighted by atomic mass is 9.97. The second-order valence-corrected chi connectivity index (χ2v) is 7.04. The summed E-state index contributed by atoms with van der Waals surface area (Å²) in [5, 5.41) is 8.18. The van der Waals surface area contributed by atoms with Crippen LogP contribution in [-0.4, -0.2) is 35.8 Å². The molecule has 2 N–H and O–H groups in total. The Morgan fingerprint density at radius 2 is 1.86 bits per heavy atom. The van der Waals surface area contributed by atoms with Crippen molar-refractivity contribution < 1.29 is 9.47 Å². The van der Waals surface area contributed by atoms with E-state index < -0.39 is 0 Å². The van der Waals surface area contributed by atoms with Gasteiger partial charge in [-0.1, -0.05) is 24.3 Å². The summed E-state index contributed by atoms with van der Waals surface area (Å²) in [6.45, 7) is 1.81. The highest BCUT2D eigenvalue weighted by atomic mass is 16.5. The first-order valence-corrected chi connectivity index (χ1v) is 9.34. The Hall–Kier alpha value is -3.12. The fraction of sp³-hybridized carbons (Fsp3) is 0.273. The van der Waals surface area contributed by atoms with Crippen LogP contribution in [0.4, 0.5) is 5.82 Å². The molecule has 0 fully saturated rings. The quantitative estimate of drug-likeness (QED) is 0.749. The van der Waals surface area contributed by atoms with Gasteiger partial charge in [0.1, 0.15) is 11.9 Å². The van der Waals surface area contributed by atoms with Crippen molar-refractivity contribution >= 4 is 5.82 Å². The largest absolute Gasteiger partial charge is 0.493 e. The van der Waals surface area contributed by atoms with E-state index in [1.54, 1.807) is 13.2 Å². The zero-order valence-corrected chi connectivity index (χ0v) is 16.1. The van der Waals surface area contributed by atoms with Crippen molar-refractivity contribution in [2.75, 3.05) is 26.4 Å². The molecule has 28 heavy (non-hydrogen) atoms. The molecule has 4 rings (SSSR count). The Balaban J connectivity index is 1.69. The van der Waals surface area contributed by atoms with Gasteiger partial charge in [0.2, 0.25) is 0 Å². The number of ether oxygens (including phenoxy) is 2. The number of benzene rings is 2. The summed E-state index contributed by atoms with van der Waals surface area (Å²) in [5.74, 6) is 1.93. The minimum absolute atomic E-state index is 0.0391. The van der Waals surface area contributed by atoms with Crippen LogP contribution in [0.2, 0.25) is 0 Å². The molecule has 2 aromatic carbocycles. The molecule has 1 aliphatic rings. The third kappa shape index (κ3) is 3.77. The summed E-state index contributed by atoms with van der Waals surface area (Å²) in [7, 11) is 3.79. The van der Waals surface area contributed by atoms with Crippen molar-refractivity contribution in [1.29, 1.82) is 0 Å². The molecule has 0 saturated heterocycles. The first-order chi connectivity index (χ1) is 13.6. The molecule has 144 valence electrons. The number of aromatic nitrogens is 2. The Kier molecular flexibility index (Phi) is 5.12. The van der Waals surface area contributed by atoms with E-state index in [0.29, 0.717) is 5.82 Å². The number of nitrogen functional groups attached to an aromatic ring is 1. The number of nitrogens with two attached hydrogens (primary N) is 1. The molecular formula is C22H24N4O2. The van der Waals surface area contributed by atoms with Crippen LogP contribution in [0.1, 0.15) is 23.7 Å². The van der Waals surface area contributed by atoms with Crippen LogP contribution in [0.25, 0.3) is 11.3 Å². The zero-order chi connectivity index (χ0) is 19.5. The SMILES string of the molecule is COc1ccccc1OC1CCN(C)Cc2cc(-c3ccc(N)nn3)ccc21. The fourth-order valence-electron chi connectivity index (χ4n) is 3.57. The summed E-state index contributed by atoms with van der Waals surface area (Å²) in [4.78, 5) is 2.31. The molecule has 0 spiro atoms. The molecule has 0 amide bonds. The molecule has 3 aromatic rings. The molecular weight excluding hydrogens is 352 g/mol. The van der Waals surface area contributed by atoms with Gasteiger partial charge in [0.15, 0.2) is 11.5 Å². The van der Waals surface area contributed by atoms with Crippen LogP contribution in [0.3, 0.4) is 0 Å². The maximum atomic E-state index is 6.40. The number of anilines is 1. The van der Waals surface area contributed by atoms with Gasteiger partial charge in [-0.25, -0.2) is 0 Å². The molecule has 6 nitrogen and oxygen atoms in total. The average Bonchev–Trinajstić information content (AvgIpc) is 2.87. The van der Waals surface area contributed by atoms with E-state index in [-0.39, 0.29) is 6.10 Å². The zero-order valence-electron chi connectivity index (χ0n) is 16.1. The smallest absolute Gasteiger partial charge is 0.162 e. The topological polar surface area (TPSA) is 73.5 Å². The molecule has 1 aliphatic heterocycles. The minimum atomic E-state index is -0.0391. The summed E-state index contributed by atoms with van der Waals surface area (Å²) in [6.07, 6.45) is 0.866. The predicted molar refractivity (Wildman–Crippen MR) is 109 cm³/mol. The van der Waals surface area contributed by atoms with E-state index >= 15 is 0 Å². The highest BCUT2D eigenvalue weighted by Crippen LogP contribution is 2.36. The van der Waals surface area contributed by atoms with Crippen molar-refractivity contribution in [3.8, 4) is 22.8 Å². The summed E-state index contributed by atoms with van der Waals surface area (Å²) < 4.78 is 11.9. The standard InChI is InChI=1S/C22H24N4O2/c1-26-12-11-19(28-21-6-4-3-5-20(21)27-2)17-8-7-15(13-16(17)14-26)18-9-10-22(23)25-24-18/h3-10,13,19H,11-12,14H2,1-2H3,(H2,23,25). The van der Waals surface area contributed by atoms with Crippen molar-refractivity contribution in [3.63, 3.8) is 0 Å². The summed E-state index contributed by atoms with van der Waals surface area (Å²) >= 11 is 0. The van der Waals surface area contributed by atoms with E-state index in [2.05, 4.69) is 40.3 Å². The van der Waals surface area contributed by atoms with Crippen molar-refractivity contribution in [2.24, 2.45) is 0 Å². The number of para-hydroxylation sites is 2. The van der Waals surface area contributed by atoms with Gasteiger partial charge in [0.05, 0.1) is 12.8 Å². The van der Waals surface area contributed by atoms with Crippen LogP contribution >= 0.6 is 0 Å². The first-order valence-electron chi connectivity index (χ1n) is 9.34. The maximum absolute atomic E-state index is 6.40. The lowest BCUT2D eigenvalue weighted by molar-refractivity contribution is 0.176. The van der Waals surface area contributed by atoms with Crippen LogP contribution in [-0.2, 0) is 6.54 Å². The second kappa shape index (κ2) is 7.86. The van der Waals surface area contributed by atoms with E-state index in [1.165, 1.54) is 11.1 Å². The Morgan fingerprint density at radius 1 is 1.04 bits per heavy atom. The van der Waals surface area contributed by atoms with E-state index in [1.807, 2.05) is 30.3 Å². The normalized spacial score (nSPS) is 16.9. The number of nitrogens with zero attached hydrogens (tertiary/aromatic N) is 3. The highest BCUT2D eigenvalue weighted by molar-refractivity contribution is 5.61. The van der Waals surface area contributed by atoms with E-state index in [4.69, 9.17) is 15.2 Å². The number of methoxy groups -OCH3 is 1. The highest BCUT2D eigenvalue weighted by Gasteiger charge is 2.24. The van der Waals surface area contributed by atoms with Gasteiger partial charge in [-0.2, -0.15) is 0 Å². The number of fused-ring (bicyclic) bond motifs is 1. The lowest BCUT2D eigenvalue weighted by Crippen LogP contribution is -2.18. The molecule has 6 heteroatoms. The predicted octanol–water partition coefficient (Wildman–Crippen LogP) is 3.69. The third-order valence-electron chi connectivity index (χ3n) is 5.02. The fourth-order valence-corrected chi connectivity index (χ4v) is 3.57. The average molecular weight is 376 g/mol. The number of hydrogen-bond donors (Lipinski definition) is 1. The van der Waals surface area contributed by atoms with Crippen LogP contribution in [0.5, 0.6) is 11.5 Å². The second-order valence-electron chi connectivity index (χ2n) is 7.04. The molecule has 0 bridgehead atoms. The molecule has 2 heterocycles. The van der Waals surface area contributed by atoms with Gasteiger partial charge in [0, 0.05) is 25.1 Å². The summed E-state index contributed by atoms with van der Waals surface area (Å²) in [6, 6.07) is 17.8. The minimum Gasteiger partial charge on any atom is -0.493 e. The molecule has 0 saturated carbocycles. The van der Waals surface area contributed by atoms with Crippen molar-refractivity contribution in [3.05, 3.63) is 65.7 Å². The summed E-state index contributed by atoms with van der Waals surface area (Å²) in [5.41, 5.74) is 9.93. The van der Waals surface area contributed by atoms with Crippen molar-refractivity contribution in [1.82, 2.24) is 15.1 Å². The molecule has 0 aliphatic carbocycles. The van der Waals surface area contributed by atoms with E-state index in [0.717, 1.165) is 42.3 Å². The monoisotopic (exact) mass is 376 g/mol. The number of hydrogen-bond acceptors (Lipinski definition) is 6. The van der Waals surface area contributed by atoms with Gasteiger partial charge in [0.25, 0.3) is 0 Å². The lowest BCUT2D eigenvalue weighted by Gasteiger charge is -2.21. The maximum Gasteiger partial charge on any atom is 0.162 e. The molecule has 1 unspecified atom stereocenters. The Bertz CT molecular complexity index is 959. The van der Waals surface area contributed by atoms with Gasteiger partial charge in [-0.05, 0) is 48.5 Å². The third-order valence-corrected chi connectivity index (χ3v) is 5.02. The van der Waals surface area contributed by atoms with Gasteiger partial charge in [-0.15, -0.1) is 10.2 Å². The van der Waals surface area contributed by atoms with E-state index in [9.17, 15) is 0 Å². The molecule has 0 radical (unpaired) electrons. The van der Waals surface area contributed by atoms with Crippen LogP contribution < -0.4 is 15.2 Å². The molecule has 1 aromatic heterocycles. The van der Waals surface area contributed by atoms with Crippen molar-refractivity contribution in [2.45, 2.75) is 19.1 Å². The van der Waals surface area contributed by atoms with Crippen LogP contribution in [0, 0.1) is 0 Å². The van der Waals surface area contributed by atoms with Gasteiger partial charge >= 0.3 is 0 Å². The Labute approximate surface area is 164 Å². The Morgan fingerprint density at radius 3 is 2.61 bits per heavy atom. The number of rotatable bonds is 4. The van der Waals surface area contributed by atoms with Crippen LogP contribution in [0.15, 0.2) is 54.6 Å². The first kappa shape index (κ1) is 18.3. The molecule has 1 atom stereocenters. The van der Waals surface area contributed by atoms with Gasteiger partial charge in [-0.3, -0.25) is 0 Å². The van der Waals surface area contributed by atoms with Gasteiger partial charge < -0.3 is 20.1 Å².